The first kappa shape index (κ1) is 15.7. The summed E-state index contributed by atoms with van der Waals surface area (Å²) >= 11 is 0. The molecular formula is C18H16N2O4. The molecular weight excluding hydrogens is 308 g/mol. The number of benzene rings is 2. The smallest absolute Gasteiger partial charge is 0.303 e. The van der Waals surface area contributed by atoms with E-state index in [1.165, 1.54) is 0 Å². The van der Waals surface area contributed by atoms with Crippen LogP contribution in [0, 0.1) is 0 Å². The van der Waals surface area contributed by atoms with E-state index >= 15 is 0 Å². The van der Waals surface area contributed by atoms with Gasteiger partial charge in [0.1, 0.15) is 23.7 Å². The molecule has 0 atom stereocenters. The van der Waals surface area contributed by atoms with E-state index in [0.717, 1.165) is 5.56 Å². The summed E-state index contributed by atoms with van der Waals surface area (Å²) in [4.78, 5) is 29.9. The van der Waals surface area contributed by atoms with Crippen LogP contribution < -0.4 is 10.3 Å². The predicted molar refractivity (Wildman–Crippen MR) is 89.1 cm³/mol. The molecule has 6 nitrogen and oxygen atoms in total. The average Bonchev–Trinajstić information content (AvgIpc) is 2.59. The fourth-order valence-electron chi connectivity index (χ4n) is 2.38. The van der Waals surface area contributed by atoms with Crippen molar-refractivity contribution in [1.29, 1.82) is 0 Å². The van der Waals surface area contributed by atoms with Crippen LogP contribution in [0.2, 0.25) is 0 Å². The van der Waals surface area contributed by atoms with Crippen molar-refractivity contribution in [2.75, 3.05) is 0 Å². The molecule has 3 aromatic rings. The molecule has 1 aromatic heterocycles. The number of carbonyl (C=O) groups is 1. The number of aromatic nitrogens is 2. The van der Waals surface area contributed by atoms with Gasteiger partial charge in [0.25, 0.3) is 5.56 Å². The number of para-hydroxylation sites is 1. The maximum absolute atomic E-state index is 12.2. The first-order valence-corrected chi connectivity index (χ1v) is 7.54. The molecule has 0 saturated heterocycles. The molecule has 0 fully saturated rings. The zero-order valence-electron chi connectivity index (χ0n) is 12.9. The summed E-state index contributed by atoms with van der Waals surface area (Å²) in [7, 11) is 0. The second-order valence-electron chi connectivity index (χ2n) is 5.33. The first-order chi connectivity index (χ1) is 11.6. The molecule has 6 heteroatoms. The Hall–Kier alpha value is -3.15. The molecule has 0 aliphatic rings. The van der Waals surface area contributed by atoms with Crippen LogP contribution in [-0.2, 0) is 17.8 Å². The Kier molecular flexibility index (Phi) is 4.56. The second kappa shape index (κ2) is 6.95. The fourth-order valence-corrected chi connectivity index (χ4v) is 2.38. The molecule has 1 heterocycles. The van der Waals surface area contributed by atoms with Crippen LogP contribution in [0.1, 0.15) is 17.8 Å². The van der Waals surface area contributed by atoms with E-state index in [9.17, 15) is 9.59 Å². The summed E-state index contributed by atoms with van der Waals surface area (Å²) in [5.74, 6) is -0.101. The van der Waals surface area contributed by atoms with Gasteiger partial charge in [-0.05, 0) is 17.7 Å². The van der Waals surface area contributed by atoms with Crippen molar-refractivity contribution in [3.8, 4) is 5.75 Å². The zero-order valence-corrected chi connectivity index (χ0v) is 12.9. The molecule has 0 amide bonds. The lowest BCUT2D eigenvalue weighted by atomic mass is 10.2. The van der Waals surface area contributed by atoms with E-state index in [1.807, 2.05) is 30.3 Å². The third kappa shape index (κ3) is 3.60. The molecule has 0 radical (unpaired) electrons. The van der Waals surface area contributed by atoms with Gasteiger partial charge in [-0.25, -0.2) is 4.98 Å². The highest BCUT2D eigenvalue weighted by atomic mass is 16.5. The molecule has 0 saturated carbocycles. The number of ether oxygens (including phenoxy) is 1. The Bertz CT molecular complexity index is 919. The van der Waals surface area contributed by atoms with Gasteiger partial charge < -0.3 is 14.8 Å². The molecule has 3 rings (SSSR count). The van der Waals surface area contributed by atoms with Crippen molar-refractivity contribution in [2.24, 2.45) is 0 Å². The normalized spacial score (nSPS) is 10.7. The number of rotatable bonds is 6. The van der Waals surface area contributed by atoms with Gasteiger partial charge in [-0.3, -0.25) is 9.59 Å². The van der Waals surface area contributed by atoms with E-state index < -0.39 is 5.97 Å². The number of aryl methyl sites for hydroxylation is 1. The average molecular weight is 324 g/mol. The molecule has 24 heavy (non-hydrogen) atoms. The SMILES string of the molecule is O=C(O)CCc1nc2c(OCc3ccccc3)cccc2c(=O)[nH]1. The number of carboxylic acids is 1. The summed E-state index contributed by atoms with van der Waals surface area (Å²) in [6.07, 6.45) is 0.0645. The van der Waals surface area contributed by atoms with Gasteiger partial charge in [-0.15, -0.1) is 0 Å². The maximum atomic E-state index is 12.2. The molecule has 0 unspecified atom stereocenters. The largest absolute Gasteiger partial charge is 0.487 e. The van der Waals surface area contributed by atoms with Gasteiger partial charge >= 0.3 is 5.97 Å². The van der Waals surface area contributed by atoms with E-state index in [0.29, 0.717) is 29.1 Å². The zero-order chi connectivity index (χ0) is 16.9. The van der Waals surface area contributed by atoms with Crippen LogP contribution in [-0.4, -0.2) is 21.0 Å². The Balaban J connectivity index is 1.92. The third-order valence-electron chi connectivity index (χ3n) is 3.56. The standard InChI is InChI=1S/C18H16N2O4/c21-16(22)10-9-15-19-17-13(18(23)20-15)7-4-8-14(17)24-11-12-5-2-1-3-6-12/h1-8H,9-11H2,(H,21,22)(H,19,20,23). The number of aromatic amines is 1. The van der Waals surface area contributed by atoms with Gasteiger partial charge in [0.2, 0.25) is 0 Å². The lowest BCUT2D eigenvalue weighted by Crippen LogP contribution is -2.13. The monoisotopic (exact) mass is 324 g/mol. The summed E-state index contributed by atoms with van der Waals surface area (Å²) < 4.78 is 5.81. The Labute approximate surface area is 137 Å². The van der Waals surface area contributed by atoms with E-state index in [2.05, 4.69) is 9.97 Å². The van der Waals surface area contributed by atoms with Gasteiger partial charge in [-0.1, -0.05) is 36.4 Å². The van der Waals surface area contributed by atoms with Crippen LogP contribution in [0.3, 0.4) is 0 Å². The molecule has 2 N–H and O–H groups in total. The Morgan fingerprint density at radius 3 is 2.67 bits per heavy atom. The summed E-state index contributed by atoms with van der Waals surface area (Å²) in [6, 6.07) is 14.8. The van der Waals surface area contributed by atoms with Crippen molar-refractivity contribution in [1.82, 2.24) is 9.97 Å². The van der Waals surface area contributed by atoms with Crippen LogP contribution in [0.15, 0.2) is 53.3 Å². The Morgan fingerprint density at radius 2 is 1.92 bits per heavy atom. The maximum Gasteiger partial charge on any atom is 0.303 e. The summed E-state index contributed by atoms with van der Waals surface area (Å²) in [6.45, 7) is 0.360. The number of nitrogens with zero attached hydrogens (tertiary/aromatic N) is 1. The van der Waals surface area contributed by atoms with Crippen LogP contribution >= 0.6 is 0 Å². The number of carboxylic acid groups (broad SMARTS) is 1. The molecule has 0 aliphatic heterocycles. The van der Waals surface area contributed by atoms with Crippen molar-refractivity contribution >= 4 is 16.9 Å². The topological polar surface area (TPSA) is 92.3 Å². The molecule has 0 aliphatic carbocycles. The van der Waals surface area contributed by atoms with Gasteiger partial charge in [0.15, 0.2) is 0 Å². The van der Waals surface area contributed by atoms with E-state index in [-0.39, 0.29) is 18.4 Å². The van der Waals surface area contributed by atoms with Gasteiger partial charge in [-0.2, -0.15) is 0 Å². The van der Waals surface area contributed by atoms with Crippen molar-refractivity contribution in [2.45, 2.75) is 19.4 Å². The number of fused-ring (bicyclic) bond motifs is 1. The molecule has 0 spiro atoms. The predicted octanol–water partition coefficient (Wildman–Crippen LogP) is 2.52. The highest BCUT2D eigenvalue weighted by molar-refractivity contribution is 5.83. The summed E-state index contributed by atoms with van der Waals surface area (Å²) in [5, 5.41) is 9.19. The lowest BCUT2D eigenvalue weighted by Gasteiger charge is -2.09. The van der Waals surface area contributed by atoms with Gasteiger partial charge in [0, 0.05) is 6.42 Å². The quantitative estimate of drug-likeness (QED) is 0.727. The van der Waals surface area contributed by atoms with E-state index in [1.54, 1.807) is 18.2 Å². The number of hydrogen-bond donors (Lipinski definition) is 2. The van der Waals surface area contributed by atoms with Crippen molar-refractivity contribution in [3.05, 3.63) is 70.3 Å². The minimum atomic E-state index is -0.939. The second-order valence-corrected chi connectivity index (χ2v) is 5.33. The summed E-state index contributed by atoms with van der Waals surface area (Å²) in [5.41, 5.74) is 1.15. The van der Waals surface area contributed by atoms with Crippen molar-refractivity contribution in [3.63, 3.8) is 0 Å². The number of aliphatic carboxylic acids is 1. The molecule has 122 valence electrons. The van der Waals surface area contributed by atoms with E-state index in [4.69, 9.17) is 9.84 Å². The number of hydrogen-bond acceptors (Lipinski definition) is 4. The van der Waals surface area contributed by atoms with Crippen LogP contribution in [0.25, 0.3) is 10.9 Å². The van der Waals surface area contributed by atoms with Crippen LogP contribution in [0.5, 0.6) is 5.75 Å². The van der Waals surface area contributed by atoms with Crippen molar-refractivity contribution < 1.29 is 14.6 Å². The van der Waals surface area contributed by atoms with Gasteiger partial charge in [0.05, 0.1) is 11.8 Å². The number of nitrogens with one attached hydrogen (secondary N) is 1. The molecule has 2 aromatic carbocycles. The molecule has 0 bridgehead atoms. The minimum absolute atomic E-state index is 0.0957. The third-order valence-corrected chi connectivity index (χ3v) is 3.56. The fraction of sp³-hybridized carbons (Fsp3) is 0.167. The Morgan fingerprint density at radius 1 is 1.12 bits per heavy atom. The number of H-pyrrole nitrogens is 1. The first-order valence-electron chi connectivity index (χ1n) is 7.54. The highest BCUT2D eigenvalue weighted by Crippen LogP contribution is 2.22. The lowest BCUT2D eigenvalue weighted by molar-refractivity contribution is -0.137. The minimum Gasteiger partial charge on any atom is -0.487 e. The van der Waals surface area contributed by atoms with Crippen LogP contribution in [0.4, 0.5) is 0 Å². The highest BCUT2D eigenvalue weighted by Gasteiger charge is 2.10.